The maximum atomic E-state index is 15.1. The summed E-state index contributed by atoms with van der Waals surface area (Å²) in [6.45, 7) is 4.89. The van der Waals surface area contributed by atoms with Crippen LogP contribution in [0, 0.1) is 5.82 Å². The molecule has 0 N–H and O–H groups in total. The lowest BCUT2D eigenvalue weighted by Crippen LogP contribution is -2.36. The lowest BCUT2D eigenvalue weighted by Gasteiger charge is -2.29. The predicted octanol–water partition coefficient (Wildman–Crippen LogP) is 4.44. The summed E-state index contributed by atoms with van der Waals surface area (Å²) in [6, 6.07) is 10.8. The van der Waals surface area contributed by atoms with Gasteiger partial charge in [-0.3, -0.25) is 4.79 Å². The fourth-order valence-electron chi connectivity index (χ4n) is 4.05. The Morgan fingerprint density at radius 3 is 2.61 bits per heavy atom. The van der Waals surface area contributed by atoms with Gasteiger partial charge in [0.05, 0.1) is 24.4 Å². The van der Waals surface area contributed by atoms with Gasteiger partial charge in [-0.25, -0.2) is 4.39 Å². The molecule has 1 fully saturated rings. The van der Waals surface area contributed by atoms with E-state index in [-0.39, 0.29) is 22.3 Å². The third-order valence-electron chi connectivity index (χ3n) is 5.85. The number of pyridine rings is 1. The summed E-state index contributed by atoms with van der Waals surface area (Å²) >= 11 is 1.64. The van der Waals surface area contributed by atoms with E-state index in [0.717, 1.165) is 10.5 Å². The van der Waals surface area contributed by atoms with E-state index in [0.29, 0.717) is 49.9 Å². The number of fused-ring (bicyclic) bond motifs is 1. The molecule has 0 bridgehead atoms. The minimum absolute atomic E-state index is 0.116. The molecule has 0 radical (unpaired) electrons. The summed E-state index contributed by atoms with van der Waals surface area (Å²) in [6.07, 6.45) is 3.71. The van der Waals surface area contributed by atoms with Crippen LogP contribution >= 0.6 is 11.8 Å². The van der Waals surface area contributed by atoms with E-state index in [1.807, 2.05) is 46.9 Å². The lowest BCUT2D eigenvalue weighted by atomic mass is 10.1. The van der Waals surface area contributed by atoms with Crippen molar-refractivity contribution in [2.45, 2.75) is 18.4 Å². The van der Waals surface area contributed by atoms with Crippen molar-refractivity contribution < 1.29 is 13.7 Å². The van der Waals surface area contributed by atoms with Gasteiger partial charge in [0.25, 0.3) is 5.89 Å². The average Bonchev–Trinajstić information content (AvgIpc) is 3.35. The van der Waals surface area contributed by atoms with E-state index in [9.17, 15) is 4.79 Å². The smallest absolute Gasteiger partial charge is 0.263 e. The maximum Gasteiger partial charge on any atom is 0.263 e. The molecule has 5 rings (SSSR count). The van der Waals surface area contributed by atoms with Gasteiger partial charge in [-0.05, 0) is 49.6 Å². The number of benzene rings is 2. The summed E-state index contributed by atoms with van der Waals surface area (Å²) in [7, 11) is 0. The van der Waals surface area contributed by atoms with Crippen LogP contribution in [0.5, 0.6) is 0 Å². The molecule has 0 saturated carbocycles. The second-order valence-corrected chi connectivity index (χ2v) is 8.61. The van der Waals surface area contributed by atoms with Gasteiger partial charge in [0, 0.05) is 41.7 Å². The third-order valence-corrected chi connectivity index (χ3v) is 6.59. The van der Waals surface area contributed by atoms with E-state index in [1.54, 1.807) is 24.0 Å². The number of anilines is 1. The highest BCUT2D eigenvalue weighted by Gasteiger charge is 2.21. The summed E-state index contributed by atoms with van der Waals surface area (Å²) in [4.78, 5) is 20.8. The number of hydrogen-bond acceptors (Lipinski definition) is 7. The number of morpholine rings is 1. The maximum absolute atomic E-state index is 15.1. The monoisotopic (exact) mass is 466 g/mol. The zero-order chi connectivity index (χ0) is 22.9. The van der Waals surface area contributed by atoms with Crippen molar-refractivity contribution in [2.24, 2.45) is 0 Å². The summed E-state index contributed by atoms with van der Waals surface area (Å²) < 4.78 is 27.8. The first kappa shape index (κ1) is 21.7. The lowest BCUT2D eigenvalue weighted by molar-refractivity contribution is 0.122. The Morgan fingerprint density at radius 2 is 1.91 bits per heavy atom. The number of aromatic nitrogens is 3. The molecule has 2 aromatic heterocycles. The minimum Gasteiger partial charge on any atom is -0.378 e. The van der Waals surface area contributed by atoms with Gasteiger partial charge < -0.3 is 18.7 Å². The van der Waals surface area contributed by atoms with Crippen LogP contribution in [-0.2, 0) is 11.3 Å². The Bertz CT molecular complexity index is 1360. The first-order valence-corrected chi connectivity index (χ1v) is 12.0. The molecule has 0 amide bonds. The van der Waals surface area contributed by atoms with Crippen molar-refractivity contribution >= 4 is 28.4 Å². The first-order valence-electron chi connectivity index (χ1n) is 10.8. The summed E-state index contributed by atoms with van der Waals surface area (Å²) in [5, 5.41) is 4.34. The van der Waals surface area contributed by atoms with E-state index in [1.165, 1.54) is 6.07 Å². The SMILES string of the molecule is CCn1cc(-c2nc(-c3ccc(SC)cc3)no2)c(=O)c2cc(F)c(N3CCOCC3)cc21. The molecule has 0 unspecified atom stereocenters. The normalized spacial score (nSPS) is 14.2. The van der Waals surface area contributed by atoms with Gasteiger partial charge in [0.15, 0.2) is 0 Å². The van der Waals surface area contributed by atoms with Gasteiger partial charge in [0.2, 0.25) is 11.3 Å². The molecule has 1 aliphatic rings. The van der Waals surface area contributed by atoms with Gasteiger partial charge in [0.1, 0.15) is 11.4 Å². The molecule has 170 valence electrons. The number of hydrogen-bond donors (Lipinski definition) is 0. The van der Waals surface area contributed by atoms with Gasteiger partial charge in [-0.1, -0.05) is 5.16 Å². The fraction of sp³-hybridized carbons (Fsp3) is 0.292. The van der Waals surface area contributed by atoms with Crippen LogP contribution < -0.4 is 10.3 Å². The number of aryl methyl sites for hydroxylation is 1. The van der Waals surface area contributed by atoms with Gasteiger partial charge >= 0.3 is 0 Å². The molecular weight excluding hydrogens is 443 g/mol. The molecule has 0 spiro atoms. The second kappa shape index (κ2) is 8.99. The molecule has 1 aliphatic heterocycles. The Morgan fingerprint density at radius 1 is 1.15 bits per heavy atom. The highest BCUT2D eigenvalue weighted by molar-refractivity contribution is 7.98. The topological polar surface area (TPSA) is 73.4 Å². The predicted molar refractivity (Wildman–Crippen MR) is 127 cm³/mol. The Labute approximate surface area is 194 Å². The van der Waals surface area contributed by atoms with Crippen molar-refractivity contribution in [3.05, 3.63) is 58.6 Å². The van der Waals surface area contributed by atoms with Crippen molar-refractivity contribution in [2.75, 3.05) is 37.5 Å². The average molecular weight is 467 g/mol. The number of halogens is 1. The fourth-order valence-corrected chi connectivity index (χ4v) is 4.46. The zero-order valence-electron chi connectivity index (χ0n) is 18.4. The molecule has 7 nitrogen and oxygen atoms in total. The van der Waals surface area contributed by atoms with Gasteiger partial charge in [-0.15, -0.1) is 11.8 Å². The molecule has 33 heavy (non-hydrogen) atoms. The van der Waals surface area contributed by atoms with Crippen LogP contribution in [0.25, 0.3) is 33.7 Å². The van der Waals surface area contributed by atoms with E-state index in [2.05, 4.69) is 10.1 Å². The van der Waals surface area contributed by atoms with E-state index < -0.39 is 5.82 Å². The van der Waals surface area contributed by atoms with Crippen LogP contribution in [0.4, 0.5) is 10.1 Å². The highest BCUT2D eigenvalue weighted by Crippen LogP contribution is 2.28. The Balaban J connectivity index is 1.59. The summed E-state index contributed by atoms with van der Waals surface area (Å²) in [5.74, 6) is 0.0844. The second-order valence-electron chi connectivity index (χ2n) is 7.73. The summed E-state index contributed by atoms with van der Waals surface area (Å²) in [5.41, 5.74) is 1.86. The number of thioether (sulfide) groups is 1. The van der Waals surface area contributed by atoms with Crippen LogP contribution in [0.2, 0.25) is 0 Å². The molecule has 4 aromatic rings. The number of nitrogens with zero attached hydrogens (tertiary/aromatic N) is 4. The van der Waals surface area contributed by atoms with Crippen LogP contribution in [0.15, 0.2) is 56.8 Å². The van der Waals surface area contributed by atoms with Crippen molar-refractivity contribution in [3.63, 3.8) is 0 Å². The highest BCUT2D eigenvalue weighted by atomic mass is 32.2. The Hall–Kier alpha value is -3.17. The standard InChI is InChI=1S/C24H23FN4O3S/c1-3-28-14-18(24-26-23(27-32-24)15-4-6-16(33-2)7-5-15)22(30)17-12-19(25)21(13-20(17)28)29-8-10-31-11-9-29/h4-7,12-14H,3,8-11H2,1-2H3. The van der Waals surface area contributed by atoms with Crippen LogP contribution in [-0.4, -0.2) is 47.3 Å². The van der Waals surface area contributed by atoms with Crippen molar-refractivity contribution in [1.82, 2.24) is 14.7 Å². The van der Waals surface area contributed by atoms with Crippen molar-refractivity contribution in [3.8, 4) is 22.8 Å². The molecule has 0 atom stereocenters. The van der Waals surface area contributed by atoms with Crippen molar-refractivity contribution in [1.29, 1.82) is 0 Å². The van der Waals surface area contributed by atoms with Crippen LogP contribution in [0.1, 0.15) is 6.92 Å². The van der Waals surface area contributed by atoms with E-state index in [4.69, 9.17) is 9.26 Å². The quantitative estimate of drug-likeness (QED) is 0.403. The number of ether oxygens (including phenoxy) is 1. The Kier molecular flexibility index (Phi) is 5.90. The number of rotatable bonds is 5. The first-order chi connectivity index (χ1) is 16.1. The molecule has 0 aliphatic carbocycles. The zero-order valence-corrected chi connectivity index (χ0v) is 19.2. The largest absolute Gasteiger partial charge is 0.378 e. The molecule has 3 heterocycles. The van der Waals surface area contributed by atoms with Gasteiger partial charge in [-0.2, -0.15) is 4.98 Å². The third kappa shape index (κ3) is 4.02. The molecule has 2 aromatic carbocycles. The van der Waals surface area contributed by atoms with E-state index >= 15 is 4.39 Å². The van der Waals surface area contributed by atoms with Crippen LogP contribution in [0.3, 0.4) is 0 Å². The molecule has 1 saturated heterocycles. The minimum atomic E-state index is -0.429. The molecule has 9 heteroatoms. The molecular formula is C24H23FN4O3S.